The fourth-order valence-electron chi connectivity index (χ4n) is 4.97. The molecule has 2 aromatic rings. The molecule has 0 saturated carbocycles. The van der Waals surface area contributed by atoms with Gasteiger partial charge >= 0.3 is 5.97 Å². The molecule has 28 heavy (non-hydrogen) atoms. The van der Waals surface area contributed by atoms with Crippen molar-refractivity contribution in [3.63, 3.8) is 0 Å². The minimum Gasteiger partial charge on any atom is -0.460 e. The lowest BCUT2D eigenvalue weighted by atomic mass is 9.59. The Kier molecular flexibility index (Phi) is 3.21. The number of benzene rings is 1. The van der Waals surface area contributed by atoms with Crippen LogP contribution < -0.4 is 0 Å². The van der Waals surface area contributed by atoms with Crippen LogP contribution >= 0.6 is 0 Å². The Morgan fingerprint density at radius 3 is 2.68 bits per heavy atom. The van der Waals surface area contributed by atoms with Crippen LogP contribution in [0.3, 0.4) is 0 Å². The number of Topliss-reactive ketones (excluding diaryl/α,β-unsaturated/α-hetero) is 2. The van der Waals surface area contributed by atoms with Gasteiger partial charge in [0.05, 0.1) is 11.0 Å². The van der Waals surface area contributed by atoms with Crippen molar-refractivity contribution in [3.8, 4) is 0 Å². The number of esters is 1. The number of ketones is 3. The van der Waals surface area contributed by atoms with Crippen molar-refractivity contribution >= 4 is 23.3 Å². The van der Waals surface area contributed by atoms with Crippen LogP contribution in [0, 0.1) is 0 Å². The zero-order chi connectivity index (χ0) is 20.0. The molecule has 0 spiro atoms. The standard InChI is InChI=1S/C21H16O7/c1-8(22)28-20-18(26)16(24)11-7-27-19-15(11)21(20,2)12-5-3-9-10(4-6-13(9)23)14(12)17(19)25/h3,5,7,18,20,26H,4,6H2,1-2H3/t18-,20-,21-/m1/s1. The van der Waals surface area contributed by atoms with Gasteiger partial charge in [0.15, 0.2) is 23.4 Å². The number of aliphatic hydroxyl groups excluding tert-OH is 1. The monoisotopic (exact) mass is 380 g/mol. The average Bonchev–Trinajstić information content (AvgIpc) is 3.26. The summed E-state index contributed by atoms with van der Waals surface area (Å²) < 4.78 is 10.9. The summed E-state index contributed by atoms with van der Waals surface area (Å²) in [7, 11) is 0. The predicted molar refractivity (Wildman–Crippen MR) is 93.6 cm³/mol. The zero-order valence-corrected chi connectivity index (χ0v) is 15.2. The highest BCUT2D eigenvalue weighted by Gasteiger charge is 2.59. The quantitative estimate of drug-likeness (QED) is 0.750. The van der Waals surface area contributed by atoms with Crippen LogP contribution in [-0.4, -0.2) is 40.6 Å². The first kappa shape index (κ1) is 17.1. The number of rotatable bonds is 1. The van der Waals surface area contributed by atoms with Gasteiger partial charge < -0.3 is 14.3 Å². The van der Waals surface area contributed by atoms with Crippen LogP contribution in [0.2, 0.25) is 0 Å². The van der Waals surface area contributed by atoms with Crippen molar-refractivity contribution in [1.29, 1.82) is 0 Å². The molecule has 0 amide bonds. The molecule has 7 heteroatoms. The zero-order valence-electron chi connectivity index (χ0n) is 15.2. The number of carbonyl (C=O) groups excluding carboxylic acids is 4. The number of hydrogen-bond acceptors (Lipinski definition) is 7. The Bertz CT molecular complexity index is 1120. The SMILES string of the molecule is CC(=O)O[C@@H]1[C@H](O)C(=O)c2coc3c2[C@@]1(C)c1ccc2c(c1C3=O)CCC2=O. The van der Waals surface area contributed by atoms with Crippen LogP contribution in [0.1, 0.15) is 73.8 Å². The third-order valence-corrected chi connectivity index (χ3v) is 6.20. The number of furan rings is 1. The van der Waals surface area contributed by atoms with Crippen molar-refractivity contribution < 1.29 is 33.4 Å². The Morgan fingerprint density at radius 1 is 1.21 bits per heavy atom. The van der Waals surface area contributed by atoms with Crippen LogP contribution in [0.15, 0.2) is 22.8 Å². The summed E-state index contributed by atoms with van der Waals surface area (Å²) >= 11 is 0. The molecule has 3 atom stereocenters. The molecule has 0 bridgehead atoms. The maximum atomic E-state index is 13.2. The first-order valence-corrected chi connectivity index (χ1v) is 9.02. The summed E-state index contributed by atoms with van der Waals surface area (Å²) in [5.41, 5.74) is 1.30. The molecule has 0 radical (unpaired) electrons. The third-order valence-electron chi connectivity index (χ3n) is 6.20. The topological polar surface area (TPSA) is 111 Å². The number of carbonyl (C=O) groups is 4. The summed E-state index contributed by atoms with van der Waals surface area (Å²) in [6, 6.07) is 3.33. The number of hydrogen-bond donors (Lipinski definition) is 1. The smallest absolute Gasteiger partial charge is 0.303 e. The lowest BCUT2D eigenvalue weighted by Gasteiger charge is -2.45. The summed E-state index contributed by atoms with van der Waals surface area (Å²) in [6.45, 7) is 2.92. The summed E-state index contributed by atoms with van der Waals surface area (Å²) in [5, 5.41) is 10.7. The highest BCUT2D eigenvalue weighted by molar-refractivity contribution is 6.18. The highest BCUT2D eigenvalue weighted by atomic mass is 16.6. The first-order valence-electron chi connectivity index (χ1n) is 9.02. The van der Waals surface area contributed by atoms with E-state index in [2.05, 4.69) is 0 Å². The second kappa shape index (κ2) is 5.26. The van der Waals surface area contributed by atoms with E-state index in [1.807, 2.05) is 0 Å². The summed E-state index contributed by atoms with van der Waals surface area (Å²) in [4.78, 5) is 49.8. The summed E-state index contributed by atoms with van der Waals surface area (Å²) in [5.74, 6) is -1.74. The molecule has 3 aliphatic carbocycles. The molecule has 1 N–H and O–H groups in total. The van der Waals surface area contributed by atoms with Gasteiger partial charge in [0.2, 0.25) is 5.78 Å². The van der Waals surface area contributed by atoms with Gasteiger partial charge in [-0.15, -0.1) is 0 Å². The second-order valence-electron chi connectivity index (χ2n) is 7.66. The van der Waals surface area contributed by atoms with E-state index in [4.69, 9.17) is 9.15 Å². The predicted octanol–water partition coefficient (Wildman–Crippen LogP) is 1.75. The van der Waals surface area contributed by atoms with E-state index < -0.39 is 35.2 Å². The maximum absolute atomic E-state index is 13.2. The normalized spacial score (nSPS) is 27.3. The Balaban J connectivity index is 1.87. The van der Waals surface area contributed by atoms with E-state index in [-0.39, 0.29) is 17.1 Å². The molecular formula is C21H16O7. The molecule has 0 unspecified atom stereocenters. The van der Waals surface area contributed by atoms with E-state index in [9.17, 15) is 24.3 Å². The van der Waals surface area contributed by atoms with Crippen LogP contribution in [-0.2, 0) is 21.4 Å². The lowest BCUT2D eigenvalue weighted by molar-refractivity contribution is -0.155. The Morgan fingerprint density at radius 2 is 1.96 bits per heavy atom. The number of ether oxygens (including phenoxy) is 1. The van der Waals surface area contributed by atoms with Gasteiger partial charge in [-0.2, -0.15) is 0 Å². The Hall–Kier alpha value is -3.06. The molecule has 3 aliphatic rings. The second-order valence-corrected chi connectivity index (χ2v) is 7.66. The molecule has 0 fully saturated rings. The maximum Gasteiger partial charge on any atom is 0.303 e. The van der Waals surface area contributed by atoms with Gasteiger partial charge in [-0.3, -0.25) is 19.2 Å². The van der Waals surface area contributed by atoms with Crippen LogP contribution in [0.25, 0.3) is 0 Å². The van der Waals surface area contributed by atoms with E-state index in [1.54, 1.807) is 19.1 Å². The minimum atomic E-state index is -1.59. The van der Waals surface area contributed by atoms with Gasteiger partial charge in [0.1, 0.15) is 12.4 Å². The molecule has 0 saturated heterocycles. The molecule has 5 rings (SSSR count). The molecule has 0 aliphatic heterocycles. The van der Waals surface area contributed by atoms with E-state index in [1.165, 1.54) is 13.2 Å². The minimum absolute atomic E-state index is 0.00449. The molecule has 1 heterocycles. The largest absolute Gasteiger partial charge is 0.460 e. The fraction of sp³-hybridized carbons (Fsp3) is 0.333. The molecule has 7 nitrogen and oxygen atoms in total. The fourth-order valence-corrected chi connectivity index (χ4v) is 4.97. The van der Waals surface area contributed by atoms with Crippen LogP contribution in [0.4, 0.5) is 0 Å². The van der Waals surface area contributed by atoms with Crippen LogP contribution in [0.5, 0.6) is 0 Å². The van der Waals surface area contributed by atoms with E-state index >= 15 is 0 Å². The molecular weight excluding hydrogens is 364 g/mol. The van der Waals surface area contributed by atoms with Crippen molar-refractivity contribution in [2.75, 3.05) is 0 Å². The average molecular weight is 380 g/mol. The highest BCUT2D eigenvalue weighted by Crippen LogP contribution is 2.52. The van der Waals surface area contributed by atoms with Crippen molar-refractivity contribution in [1.82, 2.24) is 0 Å². The van der Waals surface area contributed by atoms with Gasteiger partial charge in [-0.1, -0.05) is 12.1 Å². The van der Waals surface area contributed by atoms with Gasteiger partial charge in [-0.05, 0) is 24.5 Å². The van der Waals surface area contributed by atoms with Crippen molar-refractivity contribution in [2.24, 2.45) is 0 Å². The number of aliphatic hydroxyl groups is 1. The van der Waals surface area contributed by atoms with E-state index in [0.29, 0.717) is 40.7 Å². The molecule has 142 valence electrons. The van der Waals surface area contributed by atoms with Crippen molar-refractivity contribution in [2.45, 2.75) is 44.3 Å². The summed E-state index contributed by atoms with van der Waals surface area (Å²) in [6.07, 6.45) is -0.887. The van der Waals surface area contributed by atoms with Gasteiger partial charge in [-0.25, -0.2) is 0 Å². The van der Waals surface area contributed by atoms with Gasteiger partial charge in [0.25, 0.3) is 0 Å². The van der Waals surface area contributed by atoms with Gasteiger partial charge in [0, 0.05) is 30.0 Å². The lowest BCUT2D eigenvalue weighted by Crippen LogP contribution is -2.57. The molecule has 1 aromatic heterocycles. The first-order chi connectivity index (χ1) is 13.3. The number of fused-ring (bicyclic) bond motifs is 4. The van der Waals surface area contributed by atoms with E-state index in [0.717, 1.165) is 0 Å². The molecule has 1 aromatic carbocycles. The third kappa shape index (κ3) is 1.82. The van der Waals surface area contributed by atoms with Crippen molar-refractivity contribution in [3.05, 3.63) is 57.5 Å². The Labute approximate surface area is 159 Å².